The highest BCUT2D eigenvalue weighted by atomic mass is 35.5. The molecule has 0 saturated carbocycles. The summed E-state index contributed by atoms with van der Waals surface area (Å²) in [6.45, 7) is -0.119. The molecule has 1 aromatic rings. The van der Waals surface area contributed by atoms with Crippen LogP contribution in [0, 0.1) is 0 Å². The minimum absolute atomic E-state index is 0.119. The van der Waals surface area contributed by atoms with E-state index >= 15 is 0 Å². The molecule has 1 saturated heterocycles. The zero-order chi connectivity index (χ0) is 13.4. The molecule has 0 unspecified atom stereocenters. The maximum absolute atomic E-state index is 11.7. The molecule has 0 spiro atoms. The molecular formula is C11H8Cl2N2O3. The molecule has 2 rings (SSSR count). The van der Waals surface area contributed by atoms with Gasteiger partial charge in [0, 0.05) is 22.7 Å². The van der Waals surface area contributed by atoms with Crippen LogP contribution in [0.25, 0.3) is 0 Å². The van der Waals surface area contributed by atoms with Crippen LogP contribution in [0.1, 0.15) is 5.56 Å². The van der Waals surface area contributed by atoms with Crippen LogP contribution in [-0.2, 0) is 16.1 Å². The van der Waals surface area contributed by atoms with Crippen LogP contribution in [0.3, 0.4) is 0 Å². The van der Waals surface area contributed by atoms with Gasteiger partial charge in [-0.15, -0.1) is 0 Å². The van der Waals surface area contributed by atoms with Crippen molar-refractivity contribution in [1.29, 1.82) is 0 Å². The third-order valence-electron chi connectivity index (χ3n) is 2.63. The minimum atomic E-state index is -0.876. The van der Waals surface area contributed by atoms with Crippen molar-refractivity contribution in [3.63, 3.8) is 0 Å². The lowest BCUT2D eigenvalue weighted by molar-refractivity contribution is -0.143. The van der Waals surface area contributed by atoms with Gasteiger partial charge >= 0.3 is 17.8 Å². The van der Waals surface area contributed by atoms with Gasteiger partial charge in [0.2, 0.25) is 0 Å². The van der Waals surface area contributed by atoms with E-state index in [0.29, 0.717) is 15.6 Å². The number of urea groups is 1. The van der Waals surface area contributed by atoms with E-state index in [1.807, 2.05) is 0 Å². The van der Waals surface area contributed by atoms with Gasteiger partial charge in [-0.3, -0.25) is 19.4 Å². The average Bonchev–Trinajstić information content (AvgIpc) is 2.51. The fourth-order valence-electron chi connectivity index (χ4n) is 1.59. The molecule has 0 bridgehead atoms. The van der Waals surface area contributed by atoms with E-state index in [9.17, 15) is 14.4 Å². The van der Waals surface area contributed by atoms with E-state index in [0.717, 1.165) is 9.80 Å². The fraction of sp³-hybridized carbons (Fsp3) is 0.182. The SMILES string of the molecule is CN1C(=O)C(=O)N(Cc2c(Cl)cccc2Cl)C1=O. The molecule has 0 radical (unpaired) electrons. The standard InChI is InChI=1S/C11H8Cl2N2O3/c1-14-9(16)10(17)15(11(14)18)5-6-7(12)3-2-4-8(6)13/h2-4H,5H2,1H3. The lowest BCUT2D eigenvalue weighted by atomic mass is 10.2. The van der Waals surface area contributed by atoms with E-state index < -0.39 is 17.8 Å². The van der Waals surface area contributed by atoms with Gasteiger partial charge in [0.1, 0.15) is 0 Å². The predicted octanol–water partition coefficient (Wildman–Crippen LogP) is 1.91. The summed E-state index contributed by atoms with van der Waals surface area (Å²) in [5.74, 6) is -1.73. The predicted molar refractivity (Wildman–Crippen MR) is 65.2 cm³/mol. The molecule has 1 fully saturated rings. The molecule has 1 aliphatic rings. The molecule has 94 valence electrons. The topological polar surface area (TPSA) is 57.7 Å². The molecule has 5 nitrogen and oxygen atoms in total. The smallest absolute Gasteiger partial charge is 0.263 e. The summed E-state index contributed by atoms with van der Waals surface area (Å²) >= 11 is 11.9. The Kier molecular flexibility index (Phi) is 3.28. The zero-order valence-corrected chi connectivity index (χ0v) is 10.8. The number of hydrogen-bond acceptors (Lipinski definition) is 3. The normalized spacial score (nSPS) is 15.8. The highest BCUT2D eigenvalue weighted by molar-refractivity contribution is 6.44. The first kappa shape index (κ1) is 12.9. The summed E-state index contributed by atoms with van der Waals surface area (Å²) in [6.07, 6.45) is 0. The molecule has 7 heteroatoms. The first-order valence-corrected chi connectivity index (χ1v) is 5.75. The molecule has 1 heterocycles. The summed E-state index contributed by atoms with van der Waals surface area (Å²) in [5, 5.41) is 0.676. The Morgan fingerprint density at radius 1 is 1.06 bits per heavy atom. The lowest BCUT2D eigenvalue weighted by Crippen LogP contribution is -2.31. The summed E-state index contributed by atoms with van der Waals surface area (Å²) < 4.78 is 0. The Morgan fingerprint density at radius 2 is 1.61 bits per heavy atom. The van der Waals surface area contributed by atoms with Crippen molar-refractivity contribution < 1.29 is 14.4 Å². The number of hydrogen-bond donors (Lipinski definition) is 0. The monoisotopic (exact) mass is 286 g/mol. The van der Waals surface area contributed by atoms with Gasteiger partial charge in [0.25, 0.3) is 0 Å². The van der Waals surface area contributed by atoms with E-state index in [1.165, 1.54) is 7.05 Å². The van der Waals surface area contributed by atoms with Gasteiger partial charge in [-0.05, 0) is 12.1 Å². The van der Waals surface area contributed by atoms with Gasteiger partial charge in [-0.2, -0.15) is 0 Å². The number of benzene rings is 1. The van der Waals surface area contributed by atoms with Gasteiger partial charge in [-0.25, -0.2) is 4.79 Å². The van der Waals surface area contributed by atoms with Crippen molar-refractivity contribution in [2.45, 2.75) is 6.54 Å². The van der Waals surface area contributed by atoms with Crippen molar-refractivity contribution in [2.24, 2.45) is 0 Å². The largest absolute Gasteiger partial charge is 0.334 e. The first-order chi connectivity index (χ1) is 8.43. The Hall–Kier alpha value is -1.59. The number of carbonyl (C=O) groups excluding carboxylic acids is 3. The molecule has 1 aromatic carbocycles. The fourth-order valence-corrected chi connectivity index (χ4v) is 2.11. The number of carbonyl (C=O) groups is 3. The van der Waals surface area contributed by atoms with Crippen molar-refractivity contribution in [1.82, 2.24) is 9.80 Å². The number of imide groups is 2. The lowest BCUT2D eigenvalue weighted by Gasteiger charge is -2.14. The molecule has 0 N–H and O–H groups in total. The summed E-state index contributed by atoms with van der Waals surface area (Å²) in [5.41, 5.74) is 0.436. The Labute approximate surface area is 113 Å². The number of likely N-dealkylation sites (N-methyl/N-ethyl adjacent to an activating group) is 1. The van der Waals surface area contributed by atoms with Crippen LogP contribution in [0.5, 0.6) is 0 Å². The van der Waals surface area contributed by atoms with Crippen molar-refractivity contribution in [3.05, 3.63) is 33.8 Å². The molecule has 18 heavy (non-hydrogen) atoms. The zero-order valence-electron chi connectivity index (χ0n) is 9.31. The van der Waals surface area contributed by atoms with Crippen molar-refractivity contribution >= 4 is 41.0 Å². The number of halogens is 2. The van der Waals surface area contributed by atoms with Gasteiger partial charge in [-0.1, -0.05) is 29.3 Å². The van der Waals surface area contributed by atoms with Crippen LogP contribution in [0.4, 0.5) is 4.79 Å². The van der Waals surface area contributed by atoms with E-state index in [2.05, 4.69) is 0 Å². The first-order valence-electron chi connectivity index (χ1n) is 5.00. The van der Waals surface area contributed by atoms with Crippen LogP contribution < -0.4 is 0 Å². The van der Waals surface area contributed by atoms with Crippen molar-refractivity contribution in [3.8, 4) is 0 Å². The highest BCUT2D eigenvalue weighted by Crippen LogP contribution is 2.27. The quantitative estimate of drug-likeness (QED) is 0.616. The average molecular weight is 287 g/mol. The number of rotatable bonds is 2. The van der Waals surface area contributed by atoms with E-state index in [-0.39, 0.29) is 6.54 Å². The summed E-state index contributed by atoms with van der Waals surface area (Å²) in [4.78, 5) is 36.2. The van der Waals surface area contributed by atoms with E-state index in [1.54, 1.807) is 18.2 Å². The molecule has 0 atom stereocenters. The summed E-state index contributed by atoms with van der Waals surface area (Å²) in [6, 6.07) is 4.17. The Balaban J connectivity index is 2.33. The second-order valence-electron chi connectivity index (χ2n) is 3.74. The van der Waals surface area contributed by atoms with Gasteiger partial charge in [0.05, 0.1) is 6.54 Å². The second-order valence-corrected chi connectivity index (χ2v) is 4.55. The highest BCUT2D eigenvalue weighted by Gasteiger charge is 2.42. The molecule has 0 aliphatic carbocycles. The number of nitrogens with zero attached hydrogens (tertiary/aromatic N) is 2. The van der Waals surface area contributed by atoms with Crippen LogP contribution >= 0.6 is 23.2 Å². The Bertz CT molecular complexity index is 539. The third-order valence-corrected chi connectivity index (χ3v) is 3.34. The van der Waals surface area contributed by atoms with Crippen molar-refractivity contribution in [2.75, 3.05) is 7.05 Å². The third kappa shape index (κ3) is 1.95. The summed E-state index contributed by atoms with van der Waals surface area (Å²) in [7, 11) is 1.25. The molecule has 1 aliphatic heterocycles. The van der Waals surface area contributed by atoms with Crippen LogP contribution in [0.15, 0.2) is 18.2 Å². The second kappa shape index (κ2) is 4.59. The maximum Gasteiger partial charge on any atom is 0.334 e. The van der Waals surface area contributed by atoms with Gasteiger partial charge in [0.15, 0.2) is 0 Å². The Morgan fingerprint density at radius 3 is 2.06 bits per heavy atom. The van der Waals surface area contributed by atoms with Crippen LogP contribution in [0.2, 0.25) is 10.0 Å². The van der Waals surface area contributed by atoms with E-state index in [4.69, 9.17) is 23.2 Å². The minimum Gasteiger partial charge on any atom is -0.263 e. The number of amides is 4. The molecular weight excluding hydrogens is 279 g/mol. The van der Waals surface area contributed by atoms with Gasteiger partial charge < -0.3 is 0 Å². The molecule has 0 aromatic heterocycles. The van der Waals surface area contributed by atoms with Crippen LogP contribution in [-0.4, -0.2) is 34.7 Å². The maximum atomic E-state index is 11.7. The molecule has 4 amide bonds.